The fourth-order valence-corrected chi connectivity index (χ4v) is 1.21. The molecule has 0 aliphatic heterocycles. The molecule has 1 rings (SSSR count). The summed E-state index contributed by atoms with van der Waals surface area (Å²) >= 11 is 5.51. The summed E-state index contributed by atoms with van der Waals surface area (Å²) in [6.07, 6.45) is 3.54. The van der Waals surface area contributed by atoms with Gasteiger partial charge in [0.05, 0.1) is 6.61 Å². The van der Waals surface area contributed by atoms with Gasteiger partial charge in [0.1, 0.15) is 0 Å². The number of halogens is 1. The van der Waals surface area contributed by atoms with E-state index in [9.17, 15) is 5.11 Å². The molecule has 0 aromatic heterocycles. The molecule has 76 valence electrons. The molecule has 0 unspecified atom stereocenters. The lowest BCUT2D eigenvalue weighted by atomic mass is 10.2. The number of aromatic hydroxyl groups is 1. The Morgan fingerprint density at radius 1 is 1.50 bits per heavy atom. The monoisotopic (exact) mass is 212 g/mol. The number of benzene rings is 1. The third-order valence-corrected chi connectivity index (χ3v) is 1.89. The van der Waals surface area contributed by atoms with Gasteiger partial charge in [-0.05, 0) is 13.0 Å². The highest BCUT2D eigenvalue weighted by Gasteiger charge is 2.04. The molecule has 14 heavy (non-hydrogen) atoms. The zero-order valence-electron chi connectivity index (χ0n) is 8.03. The van der Waals surface area contributed by atoms with Crippen molar-refractivity contribution in [1.29, 1.82) is 0 Å². The zero-order chi connectivity index (χ0) is 10.4. The third-order valence-electron chi connectivity index (χ3n) is 1.72. The second kappa shape index (κ2) is 5.55. The standard InChI is InChI=1S/C11H13ClO2/c1-2-14-10-7-3-5-9(11(10)13)6-4-8-12/h3-7,13H,2,8H2,1H3. The fourth-order valence-electron chi connectivity index (χ4n) is 1.12. The molecule has 1 aromatic rings. The highest BCUT2D eigenvalue weighted by atomic mass is 35.5. The number of allylic oxidation sites excluding steroid dienone is 1. The van der Waals surface area contributed by atoms with Crippen LogP contribution in [0.15, 0.2) is 24.3 Å². The van der Waals surface area contributed by atoms with Crippen molar-refractivity contribution in [2.45, 2.75) is 6.92 Å². The van der Waals surface area contributed by atoms with Gasteiger partial charge in [0.15, 0.2) is 11.5 Å². The number of para-hydroxylation sites is 1. The number of alkyl halides is 1. The van der Waals surface area contributed by atoms with Gasteiger partial charge >= 0.3 is 0 Å². The average Bonchev–Trinajstić information content (AvgIpc) is 2.20. The predicted molar refractivity (Wildman–Crippen MR) is 59.0 cm³/mol. The largest absolute Gasteiger partial charge is 0.504 e. The van der Waals surface area contributed by atoms with E-state index in [-0.39, 0.29) is 5.75 Å². The molecule has 0 saturated carbocycles. The summed E-state index contributed by atoms with van der Waals surface area (Å²) in [6, 6.07) is 5.37. The number of phenolic OH excluding ortho intramolecular Hbond substituents is 1. The van der Waals surface area contributed by atoms with Crippen LogP contribution in [0, 0.1) is 0 Å². The van der Waals surface area contributed by atoms with Gasteiger partial charge in [0.2, 0.25) is 0 Å². The fraction of sp³-hybridized carbons (Fsp3) is 0.273. The first-order valence-electron chi connectivity index (χ1n) is 4.47. The Bertz CT molecular complexity index is 321. The van der Waals surface area contributed by atoms with Crippen LogP contribution in [-0.4, -0.2) is 17.6 Å². The molecule has 0 radical (unpaired) electrons. The van der Waals surface area contributed by atoms with E-state index in [2.05, 4.69) is 0 Å². The molecule has 0 aliphatic rings. The van der Waals surface area contributed by atoms with Gasteiger partial charge in [0.25, 0.3) is 0 Å². The highest BCUT2D eigenvalue weighted by Crippen LogP contribution is 2.30. The molecule has 0 fully saturated rings. The Labute approximate surface area is 88.8 Å². The summed E-state index contributed by atoms with van der Waals surface area (Å²) in [5.41, 5.74) is 0.719. The summed E-state index contributed by atoms with van der Waals surface area (Å²) in [5.74, 6) is 1.10. The molecule has 0 amide bonds. The van der Waals surface area contributed by atoms with Crippen molar-refractivity contribution in [1.82, 2.24) is 0 Å². The van der Waals surface area contributed by atoms with Crippen LogP contribution in [0.5, 0.6) is 11.5 Å². The van der Waals surface area contributed by atoms with Gasteiger partial charge < -0.3 is 9.84 Å². The van der Waals surface area contributed by atoms with E-state index in [0.29, 0.717) is 18.2 Å². The molecule has 0 saturated heterocycles. The molecule has 0 bridgehead atoms. The average molecular weight is 213 g/mol. The Hall–Kier alpha value is -1.15. The first-order chi connectivity index (χ1) is 6.79. The van der Waals surface area contributed by atoms with Crippen LogP contribution in [0.3, 0.4) is 0 Å². The van der Waals surface area contributed by atoms with E-state index in [1.807, 2.05) is 13.0 Å². The van der Waals surface area contributed by atoms with Gasteiger partial charge in [-0.2, -0.15) is 0 Å². The molecule has 3 heteroatoms. The molecular weight excluding hydrogens is 200 g/mol. The second-order valence-corrected chi connectivity index (χ2v) is 2.99. The van der Waals surface area contributed by atoms with Crippen LogP contribution in [0.2, 0.25) is 0 Å². The van der Waals surface area contributed by atoms with Crippen molar-refractivity contribution in [2.75, 3.05) is 12.5 Å². The Morgan fingerprint density at radius 2 is 2.29 bits per heavy atom. The molecule has 0 spiro atoms. The van der Waals surface area contributed by atoms with Crippen molar-refractivity contribution in [3.63, 3.8) is 0 Å². The van der Waals surface area contributed by atoms with E-state index in [1.165, 1.54) is 0 Å². The minimum absolute atomic E-state index is 0.163. The van der Waals surface area contributed by atoms with Crippen LogP contribution in [0.4, 0.5) is 0 Å². The van der Waals surface area contributed by atoms with E-state index < -0.39 is 0 Å². The number of ether oxygens (including phenoxy) is 1. The van der Waals surface area contributed by atoms with Crippen molar-refractivity contribution < 1.29 is 9.84 Å². The van der Waals surface area contributed by atoms with Gasteiger partial charge in [-0.15, -0.1) is 11.6 Å². The molecule has 0 aliphatic carbocycles. The molecule has 2 nitrogen and oxygen atoms in total. The van der Waals surface area contributed by atoms with Crippen molar-refractivity contribution >= 4 is 17.7 Å². The summed E-state index contributed by atoms with van der Waals surface area (Å²) in [5, 5.41) is 9.73. The number of hydrogen-bond donors (Lipinski definition) is 1. The van der Waals surface area contributed by atoms with Crippen molar-refractivity contribution in [3.05, 3.63) is 29.8 Å². The third kappa shape index (κ3) is 2.67. The lowest BCUT2D eigenvalue weighted by Gasteiger charge is -2.07. The van der Waals surface area contributed by atoms with Crippen LogP contribution in [0.25, 0.3) is 6.08 Å². The molecule has 0 atom stereocenters. The van der Waals surface area contributed by atoms with E-state index >= 15 is 0 Å². The Kier molecular flexibility index (Phi) is 4.33. The quantitative estimate of drug-likeness (QED) is 0.778. The predicted octanol–water partition coefficient (Wildman–Crippen LogP) is 3.04. The minimum Gasteiger partial charge on any atom is -0.504 e. The van der Waals surface area contributed by atoms with Crippen LogP contribution >= 0.6 is 11.6 Å². The highest BCUT2D eigenvalue weighted by molar-refractivity contribution is 6.19. The zero-order valence-corrected chi connectivity index (χ0v) is 8.79. The van der Waals surface area contributed by atoms with Crippen molar-refractivity contribution in [2.24, 2.45) is 0 Å². The Balaban J connectivity index is 2.95. The van der Waals surface area contributed by atoms with Gasteiger partial charge in [-0.25, -0.2) is 0 Å². The van der Waals surface area contributed by atoms with E-state index in [1.54, 1.807) is 24.3 Å². The lowest BCUT2D eigenvalue weighted by molar-refractivity contribution is 0.318. The number of hydrogen-bond acceptors (Lipinski definition) is 2. The van der Waals surface area contributed by atoms with Gasteiger partial charge in [-0.1, -0.05) is 24.3 Å². The first-order valence-corrected chi connectivity index (χ1v) is 5.00. The van der Waals surface area contributed by atoms with E-state index in [4.69, 9.17) is 16.3 Å². The molecule has 1 N–H and O–H groups in total. The van der Waals surface area contributed by atoms with Crippen LogP contribution in [-0.2, 0) is 0 Å². The topological polar surface area (TPSA) is 29.5 Å². The minimum atomic E-state index is 0.163. The SMILES string of the molecule is CCOc1cccc(C=CCCl)c1O. The summed E-state index contributed by atoms with van der Waals surface area (Å²) < 4.78 is 5.24. The van der Waals surface area contributed by atoms with E-state index in [0.717, 1.165) is 5.56 Å². The molecular formula is C11H13ClO2. The maximum atomic E-state index is 9.73. The maximum Gasteiger partial charge on any atom is 0.165 e. The first kappa shape index (κ1) is 10.9. The maximum absolute atomic E-state index is 9.73. The number of rotatable bonds is 4. The lowest BCUT2D eigenvalue weighted by Crippen LogP contribution is -1.92. The molecule has 1 aromatic carbocycles. The summed E-state index contributed by atoms with van der Waals surface area (Å²) in [6.45, 7) is 2.41. The molecule has 0 heterocycles. The summed E-state index contributed by atoms with van der Waals surface area (Å²) in [7, 11) is 0. The second-order valence-electron chi connectivity index (χ2n) is 2.68. The van der Waals surface area contributed by atoms with Crippen molar-refractivity contribution in [3.8, 4) is 11.5 Å². The Morgan fingerprint density at radius 3 is 2.93 bits per heavy atom. The van der Waals surface area contributed by atoms with Crippen LogP contribution < -0.4 is 4.74 Å². The van der Waals surface area contributed by atoms with Crippen LogP contribution in [0.1, 0.15) is 12.5 Å². The smallest absolute Gasteiger partial charge is 0.165 e. The number of phenols is 1. The summed E-state index contributed by atoms with van der Waals surface area (Å²) in [4.78, 5) is 0. The normalized spacial score (nSPS) is 10.7. The van der Waals surface area contributed by atoms with Gasteiger partial charge in [-0.3, -0.25) is 0 Å². The van der Waals surface area contributed by atoms with Gasteiger partial charge in [0, 0.05) is 11.4 Å².